The minimum atomic E-state index is -0.0555. The molecule has 1 N–H and O–H groups in total. The SMILES string of the molecule is Cc1cccc(Cn2c(SCc3ccc(C(=O)NCc4cccs4)cc3)nc3ccncc32)c1. The number of fused-ring (bicyclic) bond motifs is 1. The molecule has 3 heterocycles. The van der Waals surface area contributed by atoms with Crippen molar-refractivity contribution in [3.63, 3.8) is 0 Å². The highest BCUT2D eigenvalue weighted by Gasteiger charge is 2.13. The summed E-state index contributed by atoms with van der Waals surface area (Å²) in [6, 6.07) is 22.3. The number of hydrogen-bond acceptors (Lipinski definition) is 5. The third-order valence-corrected chi connectivity index (χ3v) is 7.45. The Morgan fingerprint density at radius 3 is 2.74 bits per heavy atom. The van der Waals surface area contributed by atoms with Crippen molar-refractivity contribution in [1.82, 2.24) is 19.9 Å². The Morgan fingerprint density at radius 1 is 1.06 bits per heavy atom. The molecule has 3 aromatic heterocycles. The van der Waals surface area contributed by atoms with Crippen LogP contribution in [0.4, 0.5) is 0 Å². The Morgan fingerprint density at radius 2 is 1.94 bits per heavy atom. The molecule has 0 aliphatic heterocycles. The molecule has 0 unspecified atom stereocenters. The summed E-state index contributed by atoms with van der Waals surface area (Å²) in [6.45, 7) is 3.41. The molecule has 0 radical (unpaired) electrons. The van der Waals surface area contributed by atoms with E-state index in [1.165, 1.54) is 11.1 Å². The normalized spacial score (nSPS) is 11.1. The fourth-order valence-electron chi connectivity index (χ4n) is 3.79. The minimum Gasteiger partial charge on any atom is -0.347 e. The highest BCUT2D eigenvalue weighted by atomic mass is 32.2. The van der Waals surface area contributed by atoms with Gasteiger partial charge in [0.25, 0.3) is 5.91 Å². The van der Waals surface area contributed by atoms with Crippen molar-refractivity contribution >= 4 is 40.0 Å². The molecule has 5 nitrogen and oxygen atoms in total. The molecule has 0 fully saturated rings. The number of thiophene rings is 1. The highest BCUT2D eigenvalue weighted by Crippen LogP contribution is 2.27. The van der Waals surface area contributed by atoms with E-state index in [2.05, 4.69) is 46.1 Å². The van der Waals surface area contributed by atoms with Crippen molar-refractivity contribution in [2.75, 3.05) is 0 Å². The van der Waals surface area contributed by atoms with Crippen LogP contribution in [0, 0.1) is 6.92 Å². The number of hydrogen-bond donors (Lipinski definition) is 1. The third-order valence-electron chi connectivity index (χ3n) is 5.53. The first-order valence-corrected chi connectivity index (χ1v) is 12.9. The summed E-state index contributed by atoms with van der Waals surface area (Å²) in [6.07, 6.45) is 3.66. The standard InChI is InChI=1S/C27H24N4OS2/c1-19-4-2-5-21(14-19)17-31-25-16-28-12-11-24(25)30-27(31)34-18-20-7-9-22(10-8-20)26(32)29-15-23-6-3-13-33-23/h2-14,16H,15,17-18H2,1H3,(H,29,32). The fraction of sp³-hybridized carbons (Fsp3) is 0.148. The average Bonchev–Trinajstić information content (AvgIpc) is 3.50. The van der Waals surface area contributed by atoms with Crippen molar-refractivity contribution < 1.29 is 4.79 Å². The topological polar surface area (TPSA) is 59.8 Å². The summed E-state index contributed by atoms with van der Waals surface area (Å²) in [5.74, 6) is 0.710. The number of aromatic nitrogens is 3. The van der Waals surface area contributed by atoms with Crippen LogP contribution in [-0.2, 0) is 18.8 Å². The molecule has 0 saturated carbocycles. The molecule has 5 aromatic rings. The number of amides is 1. The molecule has 34 heavy (non-hydrogen) atoms. The number of carbonyl (C=O) groups excluding carboxylic acids is 1. The Hall–Kier alpha value is -3.42. The van der Waals surface area contributed by atoms with Crippen molar-refractivity contribution in [2.24, 2.45) is 0 Å². The Labute approximate surface area is 206 Å². The van der Waals surface area contributed by atoms with Gasteiger partial charge in [-0.1, -0.05) is 59.8 Å². The fourth-order valence-corrected chi connectivity index (χ4v) is 5.40. The molecule has 0 spiro atoms. The van der Waals surface area contributed by atoms with Gasteiger partial charge in [-0.25, -0.2) is 4.98 Å². The summed E-state index contributed by atoms with van der Waals surface area (Å²) < 4.78 is 2.23. The number of thioether (sulfide) groups is 1. The van der Waals surface area contributed by atoms with E-state index in [4.69, 9.17) is 4.98 Å². The monoisotopic (exact) mass is 484 g/mol. The molecule has 0 aliphatic carbocycles. The largest absolute Gasteiger partial charge is 0.347 e. The van der Waals surface area contributed by atoms with E-state index in [1.807, 2.05) is 54.0 Å². The van der Waals surface area contributed by atoms with Crippen LogP contribution in [0.2, 0.25) is 0 Å². The summed E-state index contributed by atoms with van der Waals surface area (Å²) in [5, 5.41) is 5.95. The van der Waals surface area contributed by atoms with Crippen LogP contribution in [0.5, 0.6) is 0 Å². The Bertz CT molecular complexity index is 1410. The predicted octanol–water partition coefficient (Wildman–Crippen LogP) is 6.07. The first-order valence-electron chi connectivity index (χ1n) is 11.0. The quantitative estimate of drug-likeness (QED) is 0.272. The zero-order valence-corrected chi connectivity index (χ0v) is 20.4. The lowest BCUT2D eigenvalue weighted by Crippen LogP contribution is -2.22. The lowest BCUT2D eigenvalue weighted by Gasteiger charge is -2.10. The molecule has 7 heteroatoms. The molecular formula is C27H24N4OS2. The van der Waals surface area contributed by atoms with Gasteiger partial charge in [0.15, 0.2) is 5.16 Å². The maximum Gasteiger partial charge on any atom is 0.251 e. The first kappa shape index (κ1) is 22.4. The van der Waals surface area contributed by atoms with Crippen molar-refractivity contribution in [3.05, 3.63) is 112 Å². The van der Waals surface area contributed by atoms with Crippen molar-refractivity contribution in [1.29, 1.82) is 0 Å². The number of nitrogens with one attached hydrogen (secondary N) is 1. The van der Waals surface area contributed by atoms with E-state index in [1.54, 1.807) is 29.3 Å². The van der Waals surface area contributed by atoms with Gasteiger partial charge in [0, 0.05) is 22.4 Å². The van der Waals surface area contributed by atoms with Gasteiger partial charge < -0.3 is 9.88 Å². The maximum absolute atomic E-state index is 12.4. The van der Waals surface area contributed by atoms with E-state index in [9.17, 15) is 4.79 Å². The van der Waals surface area contributed by atoms with Gasteiger partial charge in [-0.15, -0.1) is 11.3 Å². The number of aryl methyl sites for hydroxylation is 1. The summed E-state index contributed by atoms with van der Waals surface area (Å²) in [5.41, 5.74) is 6.28. The second-order valence-electron chi connectivity index (χ2n) is 8.08. The van der Waals surface area contributed by atoms with Gasteiger partial charge in [0.05, 0.1) is 30.3 Å². The molecule has 1 amide bonds. The second-order valence-corrected chi connectivity index (χ2v) is 10.1. The molecule has 0 saturated heterocycles. The van der Waals surface area contributed by atoms with Crippen LogP contribution < -0.4 is 5.32 Å². The third kappa shape index (κ3) is 5.21. The van der Waals surface area contributed by atoms with Gasteiger partial charge in [-0.3, -0.25) is 9.78 Å². The Kier molecular flexibility index (Phi) is 6.74. The summed E-state index contributed by atoms with van der Waals surface area (Å²) in [7, 11) is 0. The van der Waals surface area contributed by atoms with Gasteiger partial charge in [-0.05, 0) is 47.7 Å². The molecular weight excluding hydrogens is 460 g/mol. The van der Waals surface area contributed by atoms with Crippen LogP contribution in [0.15, 0.2) is 89.7 Å². The van der Waals surface area contributed by atoms with Crippen LogP contribution in [0.1, 0.15) is 31.9 Å². The number of pyridine rings is 1. The van der Waals surface area contributed by atoms with Gasteiger partial charge in [-0.2, -0.15) is 0 Å². The van der Waals surface area contributed by atoms with Crippen LogP contribution in [0.25, 0.3) is 11.0 Å². The molecule has 5 rings (SSSR count). The van der Waals surface area contributed by atoms with Gasteiger partial charge in [0.1, 0.15) is 0 Å². The molecule has 170 valence electrons. The number of carbonyl (C=O) groups is 1. The Balaban J connectivity index is 1.28. The van der Waals surface area contributed by atoms with E-state index in [0.717, 1.165) is 38.9 Å². The van der Waals surface area contributed by atoms with Gasteiger partial charge in [0.2, 0.25) is 0 Å². The molecule has 0 bridgehead atoms. The van der Waals surface area contributed by atoms with E-state index >= 15 is 0 Å². The molecule has 0 atom stereocenters. The molecule has 2 aromatic carbocycles. The lowest BCUT2D eigenvalue weighted by molar-refractivity contribution is 0.0951. The summed E-state index contributed by atoms with van der Waals surface area (Å²) in [4.78, 5) is 22.8. The van der Waals surface area contributed by atoms with E-state index < -0.39 is 0 Å². The van der Waals surface area contributed by atoms with E-state index in [-0.39, 0.29) is 5.91 Å². The highest BCUT2D eigenvalue weighted by molar-refractivity contribution is 7.98. The lowest BCUT2D eigenvalue weighted by atomic mass is 10.1. The zero-order chi connectivity index (χ0) is 23.3. The smallest absolute Gasteiger partial charge is 0.251 e. The average molecular weight is 485 g/mol. The first-order chi connectivity index (χ1) is 16.7. The van der Waals surface area contributed by atoms with Crippen molar-refractivity contribution in [2.45, 2.75) is 30.9 Å². The summed E-state index contributed by atoms with van der Waals surface area (Å²) >= 11 is 3.34. The minimum absolute atomic E-state index is 0.0555. The zero-order valence-electron chi connectivity index (χ0n) is 18.8. The van der Waals surface area contributed by atoms with Gasteiger partial charge >= 0.3 is 0 Å². The second kappa shape index (κ2) is 10.2. The van der Waals surface area contributed by atoms with Crippen LogP contribution >= 0.6 is 23.1 Å². The van der Waals surface area contributed by atoms with Crippen LogP contribution in [0.3, 0.4) is 0 Å². The van der Waals surface area contributed by atoms with Crippen LogP contribution in [-0.4, -0.2) is 20.4 Å². The molecule has 0 aliphatic rings. The van der Waals surface area contributed by atoms with Crippen molar-refractivity contribution in [3.8, 4) is 0 Å². The number of benzene rings is 2. The predicted molar refractivity (Wildman–Crippen MR) is 139 cm³/mol. The number of nitrogens with zero attached hydrogens (tertiary/aromatic N) is 3. The van der Waals surface area contributed by atoms with E-state index in [0.29, 0.717) is 12.1 Å². The maximum atomic E-state index is 12.4. The number of imidazole rings is 1. The number of rotatable bonds is 8.